The molecule has 0 saturated carbocycles. The maximum atomic E-state index is 13.3. The van der Waals surface area contributed by atoms with Gasteiger partial charge >= 0.3 is 0 Å². The third-order valence-electron chi connectivity index (χ3n) is 4.81. The first-order valence-corrected chi connectivity index (χ1v) is 9.78. The molecular weight excluding hydrogens is 334 g/mol. The van der Waals surface area contributed by atoms with Crippen LogP contribution in [0.3, 0.4) is 0 Å². The lowest BCUT2D eigenvalue weighted by Gasteiger charge is -2.18. The van der Waals surface area contributed by atoms with Crippen LogP contribution in [-0.2, 0) is 17.2 Å². The van der Waals surface area contributed by atoms with Gasteiger partial charge in [-0.3, -0.25) is 9.19 Å². The highest BCUT2D eigenvalue weighted by Gasteiger charge is 2.30. The lowest BCUT2D eigenvalue weighted by molar-refractivity contribution is 0.404. The number of pyridine rings is 1. The van der Waals surface area contributed by atoms with E-state index >= 15 is 0 Å². The maximum Gasteiger partial charge on any atom is 0.198 e. The van der Waals surface area contributed by atoms with Crippen molar-refractivity contribution in [1.82, 2.24) is 15.0 Å². The number of aromatic nitrogens is 3. The minimum atomic E-state index is -1.28. The van der Waals surface area contributed by atoms with Gasteiger partial charge in [-0.2, -0.15) is 0 Å². The number of aromatic amines is 1. The lowest BCUT2D eigenvalue weighted by Crippen LogP contribution is -2.12. The zero-order valence-electron chi connectivity index (χ0n) is 14.4. The zero-order valence-corrected chi connectivity index (χ0v) is 15.2. The lowest BCUT2D eigenvalue weighted by atomic mass is 10.0. The first-order valence-electron chi connectivity index (χ1n) is 8.56. The molecule has 25 heavy (non-hydrogen) atoms. The summed E-state index contributed by atoms with van der Waals surface area (Å²) in [6.07, 6.45) is 5.67. The first kappa shape index (κ1) is 16.3. The SMILES string of the molecule is COc1c(C)cnc2c1CCCC[C@H]2[S@](=O)c1nc2ccccc2[nH]1. The summed E-state index contributed by atoms with van der Waals surface area (Å²) in [5.74, 6) is 0.888. The Morgan fingerprint density at radius 1 is 1.28 bits per heavy atom. The van der Waals surface area contributed by atoms with Crippen molar-refractivity contribution in [2.75, 3.05) is 7.11 Å². The number of H-pyrrole nitrogens is 1. The van der Waals surface area contributed by atoms with Crippen molar-refractivity contribution in [2.24, 2.45) is 0 Å². The fraction of sp³-hybridized carbons (Fsp3) is 0.368. The number of methoxy groups -OCH3 is 1. The van der Waals surface area contributed by atoms with Crippen LogP contribution < -0.4 is 4.74 Å². The number of rotatable bonds is 3. The number of para-hydroxylation sites is 2. The predicted molar refractivity (Wildman–Crippen MR) is 98.3 cm³/mol. The molecule has 2 heterocycles. The fourth-order valence-corrected chi connectivity index (χ4v) is 5.05. The number of aryl methyl sites for hydroxylation is 1. The van der Waals surface area contributed by atoms with Crippen LogP contribution >= 0.6 is 0 Å². The summed E-state index contributed by atoms with van der Waals surface area (Å²) < 4.78 is 18.9. The highest BCUT2D eigenvalue weighted by Crippen LogP contribution is 2.38. The molecule has 1 aliphatic rings. The largest absolute Gasteiger partial charge is 0.496 e. The third-order valence-corrected chi connectivity index (χ3v) is 6.36. The number of fused-ring (bicyclic) bond motifs is 2. The summed E-state index contributed by atoms with van der Waals surface area (Å²) in [4.78, 5) is 12.4. The number of hydrogen-bond acceptors (Lipinski definition) is 4. The van der Waals surface area contributed by atoms with Gasteiger partial charge < -0.3 is 9.72 Å². The number of nitrogens with one attached hydrogen (secondary N) is 1. The Bertz CT molecular complexity index is 918. The fourth-order valence-electron chi connectivity index (χ4n) is 3.60. The van der Waals surface area contributed by atoms with E-state index in [2.05, 4.69) is 15.0 Å². The quantitative estimate of drug-likeness (QED) is 0.725. The predicted octanol–water partition coefficient (Wildman–Crippen LogP) is 3.85. The van der Waals surface area contributed by atoms with Crippen LogP contribution in [0.15, 0.2) is 35.6 Å². The van der Waals surface area contributed by atoms with Crippen LogP contribution in [-0.4, -0.2) is 26.3 Å². The number of hydrogen-bond donors (Lipinski definition) is 1. The Morgan fingerprint density at radius 3 is 2.92 bits per heavy atom. The third kappa shape index (κ3) is 2.84. The molecule has 130 valence electrons. The monoisotopic (exact) mass is 355 g/mol. The molecule has 6 heteroatoms. The van der Waals surface area contributed by atoms with Gasteiger partial charge in [0, 0.05) is 17.3 Å². The van der Waals surface area contributed by atoms with Gasteiger partial charge in [0.15, 0.2) is 5.16 Å². The molecule has 1 aromatic carbocycles. The average molecular weight is 355 g/mol. The van der Waals surface area contributed by atoms with Gasteiger partial charge in [-0.25, -0.2) is 4.98 Å². The van der Waals surface area contributed by atoms with Crippen molar-refractivity contribution in [1.29, 1.82) is 0 Å². The Labute approximate surface area is 149 Å². The molecule has 1 N–H and O–H groups in total. The van der Waals surface area contributed by atoms with E-state index in [9.17, 15) is 4.21 Å². The van der Waals surface area contributed by atoms with E-state index in [1.165, 1.54) is 0 Å². The minimum absolute atomic E-state index is 0.160. The molecule has 0 amide bonds. The number of ether oxygens (including phenoxy) is 1. The number of nitrogens with zero attached hydrogens (tertiary/aromatic N) is 2. The molecule has 0 saturated heterocycles. The van der Waals surface area contributed by atoms with Crippen molar-refractivity contribution in [3.8, 4) is 5.75 Å². The van der Waals surface area contributed by atoms with Gasteiger partial charge in [0.05, 0.1) is 39.9 Å². The van der Waals surface area contributed by atoms with Gasteiger partial charge in [0.25, 0.3) is 0 Å². The number of benzene rings is 1. The molecule has 2 aromatic heterocycles. The topological polar surface area (TPSA) is 67.9 Å². The second kappa shape index (κ2) is 6.59. The Kier molecular flexibility index (Phi) is 4.29. The maximum absolute atomic E-state index is 13.3. The molecule has 3 aromatic rings. The number of imidazole rings is 1. The molecule has 2 atom stereocenters. The summed E-state index contributed by atoms with van der Waals surface area (Å²) in [5, 5.41) is 0.368. The second-order valence-electron chi connectivity index (χ2n) is 6.43. The standard InChI is InChI=1S/C19H21N3O2S/c1-12-11-20-17-13(18(12)24-2)7-3-6-10-16(17)25(23)19-21-14-8-4-5-9-15(14)22-19/h4-5,8-9,11,16H,3,6-7,10H2,1-2H3,(H,21,22)/t16-,25+/m1/s1. The average Bonchev–Trinajstić information content (AvgIpc) is 2.95. The van der Waals surface area contributed by atoms with E-state index in [-0.39, 0.29) is 5.25 Å². The van der Waals surface area contributed by atoms with Crippen LogP contribution in [0.4, 0.5) is 0 Å². The first-order chi connectivity index (χ1) is 12.2. The van der Waals surface area contributed by atoms with Crippen molar-refractivity contribution < 1.29 is 8.95 Å². The van der Waals surface area contributed by atoms with Crippen LogP contribution in [0.2, 0.25) is 0 Å². The second-order valence-corrected chi connectivity index (χ2v) is 7.98. The van der Waals surface area contributed by atoms with Gasteiger partial charge in [0.2, 0.25) is 0 Å². The highest BCUT2D eigenvalue weighted by atomic mass is 32.2. The molecule has 0 bridgehead atoms. The summed E-state index contributed by atoms with van der Waals surface area (Å²) >= 11 is 0. The van der Waals surface area contributed by atoms with Gasteiger partial charge in [0.1, 0.15) is 5.75 Å². The summed E-state index contributed by atoms with van der Waals surface area (Å²) in [7, 11) is 0.417. The molecule has 0 fully saturated rings. The van der Waals surface area contributed by atoms with E-state index in [1.807, 2.05) is 37.4 Å². The summed E-state index contributed by atoms with van der Waals surface area (Å²) in [6, 6.07) is 7.77. The Balaban J connectivity index is 1.79. The van der Waals surface area contributed by atoms with E-state index in [0.29, 0.717) is 5.16 Å². The smallest absolute Gasteiger partial charge is 0.198 e. The normalized spacial score (nSPS) is 18.6. The molecule has 0 unspecified atom stereocenters. The van der Waals surface area contributed by atoms with Gasteiger partial charge in [-0.1, -0.05) is 18.6 Å². The molecule has 0 aliphatic heterocycles. The van der Waals surface area contributed by atoms with Crippen LogP contribution in [0.5, 0.6) is 5.75 Å². The van der Waals surface area contributed by atoms with E-state index in [0.717, 1.165) is 59.3 Å². The van der Waals surface area contributed by atoms with E-state index in [4.69, 9.17) is 4.74 Å². The van der Waals surface area contributed by atoms with Gasteiger partial charge in [-0.05, 0) is 38.3 Å². The molecule has 0 radical (unpaired) electrons. The van der Waals surface area contributed by atoms with Crippen LogP contribution in [0, 0.1) is 6.92 Å². The minimum Gasteiger partial charge on any atom is -0.496 e. The molecule has 5 nitrogen and oxygen atoms in total. The molecule has 0 spiro atoms. The van der Waals surface area contributed by atoms with Crippen molar-refractivity contribution in [2.45, 2.75) is 43.0 Å². The highest BCUT2D eigenvalue weighted by molar-refractivity contribution is 7.85. The van der Waals surface area contributed by atoms with Crippen LogP contribution in [0.25, 0.3) is 11.0 Å². The van der Waals surface area contributed by atoms with Crippen LogP contribution in [0.1, 0.15) is 41.3 Å². The van der Waals surface area contributed by atoms with Crippen molar-refractivity contribution in [3.63, 3.8) is 0 Å². The molecular formula is C19H21N3O2S. The summed E-state index contributed by atoms with van der Waals surface area (Å²) in [6.45, 7) is 2.00. The van der Waals surface area contributed by atoms with Gasteiger partial charge in [-0.15, -0.1) is 0 Å². The Morgan fingerprint density at radius 2 is 2.12 bits per heavy atom. The van der Waals surface area contributed by atoms with E-state index < -0.39 is 10.8 Å². The zero-order chi connectivity index (χ0) is 17.4. The summed E-state index contributed by atoms with van der Waals surface area (Å²) in [5.41, 5.74) is 4.79. The van der Waals surface area contributed by atoms with Crippen molar-refractivity contribution in [3.05, 3.63) is 47.3 Å². The molecule has 4 rings (SSSR count). The Hall–Kier alpha value is -2.21. The van der Waals surface area contributed by atoms with Crippen molar-refractivity contribution >= 4 is 21.8 Å². The van der Waals surface area contributed by atoms with E-state index in [1.54, 1.807) is 7.11 Å². The molecule has 1 aliphatic carbocycles.